The minimum Gasteiger partial charge on any atom is -0.365 e. The van der Waals surface area contributed by atoms with E-state index in [0.717, 1.165) is 25.7 Å². The Morgan fingerprint density at radius 1 is 1.33 bits per heavy atom. The molecule has 2 aliphatic rings. The van der Waals surface area contributed by atoms with E-state index in [1.807, 2.05) is 0 Å². The fraction of sp³-hybridized carbons (Fsp3) is 1.00. The molecule has 0 amide bonds. The van der Waals surface area contributed by atoms with Crippen molar-refractivity contribution >= 4 is 0 Å². The summed E-state index contributed by atoms with van der Waals surface area (Å²) in [5, 5.41) is 10.1. The summed E-state index contributed by atoms with van der Waals surface area (Å²) in [6.45, 7) is 4.23. The SMILES string of the molecule is C[C@H]1C[C@@]2(C)CCCC[C@]1(O)O2. The lowest BCUT2D eigenvalue weighted by Gasteiger charge is -2.27. The van der Waals surface area contributed by atoms with Crippen molar-refractivity contribution in [2.75, 3.05) is 0 Å². The number of rotatable bonds is 0. The van der Waals surface area contributed by atoms with Gasteiger partial charge in [0.25, 0.3) is 0 Å². The second kappa shape index (κ2) is 2.46. The average molecular weight is 170 g/mol. The Morgan fingerprint density at radius 3 is 2.75 bits per heavy atom. The van der Waals surface area contributed by atoms with E-state index in [1.54, 1.807) is 0 Å². The normalized spacial score (nSPS) is 53.8. The van der Waals surface area contributed by atoms with Gasteiger partial charge in [0.05, 0.1) is 5.60 Å². The Balaban J connectivity index is 2.24. The molecule has 0 aromatic rings. The van der Waals surface area contributed by atoms with E-state index in [9.17, 15) is 5.11 Å². The standard InChI is InChI=1S/C10H18O2/c1-8-7-9(2)5-3-4-6-10(8,11)12-9/h8,11H,3-7H2,1-2H3/t8-,9+,10-/m0/s1. The molecule has 0 unspecified atom stereocenters. The van der Waals surface area contributed by atoms with Crippen LogP contribution >= 0.6 is 0 Å². The van der Waals surface area contributed by atoms with Crippen molar-refractivity contribution in [3.63, 3.8) is 0 Å². The third-order valence-corrected chi connectivity index (χ3v) is 3.42. The largest absolute Gasteiger partial charge is 0.365 e. The van der Waals surface area contributed by atoms with Gasteiger partial charge in [0.1, 0.15) is 0 Å². The van der Waals surface area contributed by atoms with Gasteiger partial charge in [-0.2, -0.15) is 0 Å². The number of aliphatic hydroxyl groups is 1. The van der Waals surface area contributed by atoms with Crippen LogP contribution in [0, 0.1) is 5.92 Å². The molecule has 12 heavy (non-hydrogen) atoms. The van der Waals surface area contributed by atoms with Gasteiger partial charge in [0.2, 0.25) is 0 Å². The molecule has 2 fully saturated rings. The Bertz CT molecular complexity index is 192. The highest BCUT2D eigenvalue weighted by Crippen LogP contribution is 2.48. The maximum Gasteiger partial charge on any atom is 0.168 e. The fourth-order valence-corrected chi connectivity index (χ4v) is 2.70. The van der Waals surface area contributed by atoms with Gasteiger partial charge in [-0.15, -0.1) is 0 Å². The van der Waals surface area contributed by atoms with E-state index >= 15 is 0 Å². The Hall–Kier alpha value is -0.0800. The molecule has 0 saturated carbocycles. The number of hydrogen-bond donors (Lipinski definition) is 1. The Morgan fingerprint density at radius 2 is 2.00 bits per heavy atom. The van der Waals surface area contributed by atoms with Crippen molar-refractivity contribution < 1.29 is 9.84 Å². The first-order chi connectivity index (χ1) is 5.54. The summed E-state index contributed by atoms with van der Waals surface area (Å²) in [5.74, 6) is -0.492. The van der Waals surface area contributed by atoms with Crippen molar-refractivity contribution in [3.05, 3.63) is 0 Å². The monoisotopic (exact) mass is 170 g/mol. The molecule has 1 N–H and O–H groups in total. The highest BCUT2D eigenvalue weighted by molar-refractivity contribution is 4.95. The number of ether oxygens (including phenoxy) is 1. The smallest absolute Gasteiger partial charge is 0.168 e. The van der Waals surface area contributed by atoms with Crippen LogP contribution in [0.3, 0.4) is 0 Å². The van der Waals surface area contributed by atoms with E-state index in [1.165, 1.54) is 6.42 Å². The average Bonchev–Trinajstić information content (AvgIpc) is 2.14. The van der Waals surface area contributed by atoms with Gasteiger partial charge in [-0.3, -0.25) is 0 Å². The first-order valence-corrected chi connectivity index (χ1v) is 4.97. The lowest BCUT2D eigenvalue weighted by Crippen LogP contribution is -2.34. The molecule has 0 radical (unpaired) electrons. The van der Waals surface area contributed by atoms with Gasteiger partial charge < -0.3 is 9.84 Å². The molecule has 2 bridgehead atoms. The van der Waals surface area contributed by atoms with Gasteiger partial charge in [0, 0.05) is 12.3 Å². The molecule has 0 aliphatic carbocycles. The Kier molecular flexibility index (Phi) is 1.74. The van der Waals surface area contributed by atoms with E-state index in [2.05, 4.69) is 13.8 Å². The summed E-state index contributed by atoms with van der Waals surface area (Å²) in [6, 6.07) is 0. The molecular formula is C10H18O2. The van der Waals surface area contributed by atoms with Crippen molar-refractivity contribution in [3.8, 4) is 0 Å². The number of hydrogen-bond acceptors (Lipinski definition) is 2. The van der Waals surface area contributed by atoms with Crippen LogP contribution in [0.1, 0.15) is 46.0 Å². The summed E-state index contributed by atoms with van der Waals surface area (Å²) < 4.78 is 5.77. The second-order valence-electron chi connectivity index (χ2n) is 4.71. The molecule has 0 aromatic carbocycles. The van der Waals surface area contributed by atoms with Crippen LogP contribution in [0.4, 0.5) is 0 Å². The van der Waals surface area contributed by atoms with Gasteiger partial charge in [-0.25, -0.2) is 0 Å². The summed E-state index contributed by atoms with van der Waals surface area (Å²) in [5.41, 5.74) is -0.0370. The lowest BCUT2D eigenvalue weighted by molar-refractivity contribution is -0.230. The van der Waals surface area contributed by atoms with Crippen LogP contribution in [-0.4, -0.2) is 16.5 Å². The highest BCUT2D eigenvalue weighted by Gasteiger charge is 2.51. The molecule has 3 atom stereocenters. The maximum atomic E-state index is 10.1. The third-order valence-electron chi connectivity index (χ3n) is 3.42. The predicted molar refractivity (Wildman–Crippen MR) is 46.7 cm³/mol. The number of fused-ring (bicyclic) bond motifs is 2. The first kappa shape index (κ1) is 8.52. The summed E-state index contributed by atoms with van der Waals surface area (Å²) in [4.78, 5) is 0. The molecule has 70 valence electrons. The topological polar surface area (TPSA) is 29.5 Å². The van der Waals surface area contributed by atoms with Crippen molar-refractivity contribution in [2.24, 2.45) is 5.92 Å². The maximum absolute atomic E-state index is 10.1. The minimum atomic E-state index is -0.800. The predicted octanol–water partition coefficient (Wildman–Crippen LogP) is 2.06. The second-order valence-corrected chi connectivity index (χ2v) is 4.71. The molecule has 2 saturated heterocycles. The molecule has 0 spiro atoms. The summed E-state index contributed by atoms with van der Waals surface area (Å²) >= 11 is 0. The van der Waals surface area contributed by atoms with E-state index < -0.39 is 5.79 Å². The van der Waals surface area contributed by atoms with Crippen LogP contribution in [0.5, 0.6) is 0 Å². The minimum absolute atomic E-state index is 0.0370. The van der Waals surface area contributed by atoms with Crippen LogP contribution < -0.4 is 0 Å². The van der Waals surface area contributed by atoms with Crippen LogP contribution in [0.15, 0.2) is 0 Å². The van der Waals surface area contributed by atoms with Gasteiger partial charge in [-0.1, -0.05) is 13.3 Å². The molecule has 2 nitrogen and oxygen atoms in total. The molecule has 2 rings (SSSR count). The van der Waals surface area contributed by atoms with E-state index in [4.69, 9.17) is 4.74 Å². The summed E-state index contributed by atoms with van der Waals surface area (Å²) in [7, 11) is 0. The van der Waals surface area contributed by atoms with Crippen molar-refractivity contribution in [1.29, 1.82) is 0 Å². The van der Waals surface area contributed by atoms with Crippen LogP contribution in [0.25, 0.3) is 0 Å². The summed E-state index contributed by atoms with van der Waals surface area (Å²) in [6.07, 6.45) is 5.26. The zero-order chi connectivity index (χ0) is 8.82. The zero-order valence-corrected chi connectivity index (χ0v) is 7.97. The van der Waals surface area contributed by atoms with Gasteiger partial charge >= 0.3 is 0 Å². The molecular weight excluding hydrogens is 152 g/mol. The molecule has 2 heterocycles. The highest BCUT2D eigenvalue weighted by atomic mass is 16.6. The quantitative estimate of drug-likeness (QED) is 0.603. The fourth-order valence-electron chi connectivity index (χ4n) is 2.70. The van der Waals surface area contributed by atoms with Crippen LogP contribution in [-0.2, 0) is 4.74 Å². The van der Waals surface area contributed by atoms with Gasteiger partial charge in [0.15, 0.2) is 5.79 Å². The van der Waals surface area contributed by atoms with Gasteiger partial charge in [-0.05, 0) is 26.2 Å². The molecule has 2 aliphatic heterocycles. The van der Waals surface area contributed by atoms with E-state index in [-0.39, 0.29) is 5.60 Å². The van der Waals surface area contributed by atoms with E-state index in [0.29, 0.717) is 5.92 Å². The lowest BCUT2D eigenvalue weighted by atomic mass is 9.84. The van der Waals surface area contributed by atoms with Crippen molar-refractivity contribution in [1.82, 2.24) is 0 Å². The first-order valence-electron chi connectivity index (χ1n) is 4.97. The Labute approximate surface area is 73.9 Å². The zero-order valence-electron chi connectivity index (χ0n) is 7.97. The molecule has 2 heteroatoms. The van der Waals surface area contributed by atoms with Crippen molar-refractivity contribution in [2.45, 2.75) is 57.3 Å². The third kappa shape index (κ3) is 1.17. The van der Waals surface area contributed by atoms with Crippen LogP contribution in [0.2, 0.25) is 0 Å². The molecule has 0 aromatic heterocycles.